The van der Waals surface area contributed by atoms with E-state index in [9.17, 15) is 4.39 Å². The molecule has 0 saturated carbocycles. The fourth-order valence-corrected chi connectivity index (χ4v) is 1.48. The zero-order valence-electron chi connectivity index (χ0n) is 6.96. The van der Waals surface area contributed by atoms with Gasteiger partial charge in [-0.2, -0.15) is 0 Å². The maximum atomic E-state index is 12.8. The number of nitrogens with one attached hydrogen (secondary N) is 1. The van der Waals surface area contributed by atoms with Crippen molar-refractivity contribution in [1.29, 1.82) is 0 Å². The van der Waals surface area contributed by atoms with Gasteiger partial charge < -0.3 is 10.2 Å². The molecule has 0 bridgehead atoms. The summed E-state index contributed by atoms with van der Waals surface area (Å²) in [5.74, 6) is -0.331. The largest absolute Gasteiger partial charge is 0.410 e. The third kappa shape index (κ3) is 1.33. The van der Waals surface area contributed by atoms with Crippen molar-refractivity contribution in [3.05, 3.63) is 35.8 Å². The molecule has 2 N–H and O–H groups in total. The van der Waals surface area contributed by atoms with Crippen LogP contribution in [0.4, 0.5) is 4.39 Å². The molecule has 0 aliphatic carbocycles. The first-order valence-corrected chi connectivity index (χ1v) is 4.24. The van der Waals surface area contributed by atoms with Crippen LogP contribution in [-0.4, -0.2) is 15.4 Å². The Morgan fingerprint density at radius 2 is 2.29 bits per heavy atom. The summed E-state index contributed by atoms with van der Waals surface area (Å²) in [7, 11) is 0. The highest BCUT2D eigenvalue weighted by Gasteiger charge is 2.08. The van der Waals surface area contributed by atoms with Gasteiger partial charge in [-0.3, -0.25) is 0 Å². The van der Waals surface area contributed by atoms with Gasteiger partial charge in [-0.25, -0.2) is 4.39 Å². The summed E-state index contributed by atoms with van der Waals surface area (Å²) in [6.07, 6.45) is 1.56. The number of rotatable bonds is 1. The number of nitrogens with zero attached hydrogens (tertiary/aromatic N) is 1. The van der Waals surface area contributed by atoms with Gasteiger partial charge in [-0.15, -0.1) is 0 Å². The molecule has 5 heteroatoms. The average Bonchev–Trinajstić information content (AvgIpc) is 2.59. The van der Waals surface area contributed by atoms with Crippen LogP contribution < -0.4 is 0 Å². The lowest BCUT2D eigenvalue weighted by atomic mass is 10.2. The number of benzene rings is 1. The molecule has 1 heterocycles. The topological polar surface area (TPSA) is 48.4 Å². The van der Waals surface area contributed by atoms with Crippen molar-refractivity contribution in [3.8, 4) is 0 Å². The summed E-state index contributed by atoms with van der Waals surface area (Å²) >= 11 is 5.64. The molecule has 0 atom stereocenters. The number of aromatic nitrogens is 1. The van der Waals surface area contributed by atoms with E-state index in [0.29, 0.717) is 16.5 Å². The van der Waals surface area contributed by atoms with E-state index >= 15 is 0 Å². The van der Waals surface area contributed by atoms with E-state index < -0.39 is 0 Å². The number of fused-ring (bicyclic) bond motifs is 1. The molecule has 72 valence electrons. The minimum atomic E-state index is -0.331. The molecule has 0 aliphatic rings. The molecule has 0 fully saturated rings. The number of hydrogen-bond donors (Lipinski definition) is 2. The lowest BCUT2D eigenvalue weighted by molar-refractivity contribution is 0.321. The molecular formula is C9H6ClFN2O. The van der Waals surface area contributed by atoms with Gasteiger partial charge in [0.1, 0.15) is 5.82 Å². The van der Waals surface area contributed by atoms with Gasteiger partial charge in [0.05, 0.1) is 0 Å². The van der Waals surface area contributed by atoms with Gasteiger partial charge in [0.25, 0.3) is 0 Å². The Kier molecular flexibility index (Phi) is 2.13. The van der Waals surface area contributed by atoms with Gasteiger partial charge in [-0.1, -0.05) is 16.8 Å². The summed E-state index contributed by atoms with van der Waals surface area (Å²) in [5, 5.41) is 12.1. The predicted molar refractivity (Wildman–Crippen MR) is 52.4 cm³/mol. The predicted octanol–water partition coefficient (Wildman–Crippen LogP) is 2.68. The van der Waals surface area contributed by atoms with Gasteiger partial charge in [-0.05, 0) is 18.2 Å². The SMILES string of the molecule is O/N=C(/Cl)c1c[nH]c2cc(F)ccc12. The summed E-state index contributed by atoms with van der Waals surface area (Å²) in [6, 6.07) is 4.24. The Labute approximate surface area is 83.8 Å². The molecule has 0 aliphatic heterocycles. The molecule has 1 aromatic carbocycles. The number of halogens is 2. The second-order valence-electron chi connectivity index (χ2n) is 2.78. The van der Waals surface area contributed by atoms with Crippen LogP contribution in [0.15, 0.2) is 29.6 Å². The van der Waals surface area contributed by atoms with Gasteiger partial charge in [0.15, 0.2) is 5.17 Å². The molecule has 14 heavy (non-hydrogen) atoms. The van der Waals surface area contributed by atoms with Gasteiger partial charge in [0, 0.05) is 22.7 Å². The Bertz CT molecular complexity index is 506. The van der Waals surface area contributed by atoms with Crippen LogP contribution in [0.2, 0.25) is 0 Å². The van der Waals surface area contributed by atoms with Crippen LogP contribution in [0.1, 0.15) is 5.56 Å². The second-order valence-corrected chi connectivity index (χ2v) is 3.14. The number of aromatic amines is 1. The summed E-state index contributed by atoms with van der Waals surface area (Å²) in [4.78, 5) is 2.83. The van der Waals surface area contributed by atoms with E-state index in [2.05, 4.69) is 10.1 Å². The zero-order valence-corrected chi connectivity index (χ0v) is 7.72. The molecule has 2 aromatic rings. The van der Waals surface area contributed by atoms with E-state index in [1.54, 1.807) is 12.3 Å². The molecule has 2 rings (SSSR count). The highest BCUT2D eigenvalue weighted by molar-refractivity contribution is 6.70. The first-order valence-electron chi connectivity index (χ1n) is 3.87. The van der Waals surface area contributed by atoms with Crippen molar-refractivity contribution in [2.75, 3.05) is 0 Å². The molecule has 0 amide bonds. The molecule has 1 aromatic heterocycles. The fourth-order valence-electron chi connectivity index (χ4n) is 1.32. The van der Waals surface area contributed by atoms with Gasteiger partial charge >= 0.3 is 0 Å². The number of H-pyrrole nitrogens is 1. The van der Waals surface area contributed by atoms with E-state index in [0.717, 1.165) is 0 Å². The van der Waals surface area contributed by atoms with E-state index in [4.69, 9.17) is 16.8 Å². The molecule has 0 spiro atoms. The molecular weight excluding hydrogens is 207 g/mol. The highest BCUT2D eigenvalue weighted by atomic mass is 35.5. The smallest absolute Gasteiger partial charge is 0.177 e. The van der Waals surface area contributed by atoms with Crippen LogP contribution >= 0.6 is 11.6 Å². The lowest BCUT2D eigenvalue weighted by Crippen LogP contribution is -1.88. The maximum Gasteiger partial charge on any atom is 0.177 e. The Morgan fingerprint density at radius 1 is 1.50 bits per heavy atom. The highest BCUT2D eigenvalue weighted by Crippen LogP contribution is 2.20. The van der Waals surface area contributed by atoms with Crippen molar-refractivity contribution in [1.82, 2.24) is 4.98 Å². The van der Waals surface area contributed by atoms with Crippen molar-refractivity contribution < 1.29 is 9.60 Å². The summed E-state index contributed by atoms with van der Waals surface area (Å²) in [6.45, 7) is 0. The maximum absolute atomic E-state index is 12.8. The Balaban J connectivity index is 2.70. The fraction of sp³-hybridized carbons (Fsp3) is 0. The standard InChI is InChI=1S/C9H6ClFN2O/c10-9(13-14)7-4-12-8-3-5(11)1-2-6(7)8/h1-4,12,14H/b13-9+. The normalized spacial score (nSPS) is 12.3. The average molecular weight is 213 g/mol. The number of hydrogen-bond acceptors (Lipinski definition) is 2. The minimum absolute atomic E-state index is 0.0251. The molecule has 0 saturated heterocycles. The third-order valence-corrected chi connectivity index (χ3v) is 2.23. The van der Waals surface area contributed by atoms with Crippen molar-refractivity contribution in [2.45, 2.75) is 0 Å². The van der Waals surface area contributed by atoms with Gasteiger partial charge in [0.2, 0.25) is 0 Å². The molecule has 0 radical (unpaired) electrons. The van der Waals surface area contributed by atoms with Crippen LogP contribution in [0, 0.1) is 5.82 Å². The van der Waals surface area contributed by atoms with Crippen LogP contribution in [0.3, 0.4) is 0 Å². The molecule has 0 unspecified atom stereocenters. The quantitative estimate of drug-likeness (QED) is 0.426. The van der Waals surface area contributed by atoms with Crippen molar-refractivity contribution >= 4 is 27.7 Å². The summed E-state index contributed by atoms with van der Waals surface area (Å²) in [5.41, 5.74) is 1.16. The zero-order chi connectivity index (χ0) is 10.1. The minimum Gasteiger partial charge on any atom is -0.410 e. The van der Waals surface area contributed by atoms with Crippen LogP contribution in [0.5, 0.6) is 0 Å². The monoisotopic (exact) mass is 212 g/mol. The number of oxime groups is 1. The first-order chi connectivity index (χ1) is 6.72. The van der Waals surface area contributed by atoms with E-state index in [1.807, 2.05) is 0 Å². The first kappa shape index (κ1) is 9.02. The molecule has 3 nitrogen and oxygen atoms in total. The van der Waals surface area contributed by atoms with E-state index in [-0.39, 0.29) is 11.0 Å². The van der Waals surface area contributed by atoms with Crippen molar-refractivity contribution in [2.24, 2.45) is 5.16 Å². The van der Waals surface area contributed by atoms with Crippen LogP contribution in [-0.2, 0) is 0 Å². The Morgan fingerprint density at radius 3 is 3.00 bits per heavy atom. The second kappa shape index (κ2) is 3.31. The van der Waals surface area contributed by atoms with Crippen molar-refractivity contribution in [3.63, 3.8) is 0 Å². The van der Waals surface area contributed by atoms with Crippen LogP contribution in [0.25, 0.3) is 10.9 Å². The Hall–Kier alpha value is -1.55. The third-order valence-electron chi connectivity index (χ3n) is 1.95. The summed E-state index contributed by atoms with van der Waals surface area (Å²) < 4.78 is 12.8. The lowest BCUT2D eigenvalue weighted by Gasteiger charge is -1.93. The van der Waals surface area contributed by atoms with E-state index in [1.165, 1.54) is 12.1 Å².